The van der Waals surface area contributed by atoms with Crippen molar-refractivity contribution in [1.82, 2.24) is 9.62 Å². The maximum Gasteiger partial charge on any atom is 0.275 e. The van der Waals surface area contributed by atoms with Gasteiger partial charge in [-0.3, -0.25) is 4.79 Å². The van der Waals surface area contributed by atoms with Crippen molar-refractivity contribution in [2.45, 2.75) is 43.9 Å². The summed E-state index contributed by atoms with van der Waals surface area (Å²) in [7, 11) is -3.47. The van der Waals surface area contributed by atoms with Gasteiger partial charge in [0.1, 0.15) is 4.21 Å². The van der Waals surface area contributed by atoms with Crippen LogP contribution in [0, 0.1) is 5.92 Å². The molecule has 0 aliphatic carbocycles. The van der Waals surface area contributed by atoms with Gasteiger partial charge in [-0.15, -0.1) is 11.3 Å². The van der Waals surface area contributed by atoms with Crippen LogP contribution in [-0.2, 0) is 14.8 Å². The van der Waals surface area contributed by atoms with Gasteiger partial charge < -0.3 is 10.2 Å². The third-order valence-corrected chi connectivity index (χ3v) is 8.16. The highest BCUT2D eigenvalue weighted by Crippen LogP contribution is 2.27. The summed E-state index contributed by atoms with van der Waals surface area (Å²) in [5.74, 6) is 0.672. The Morgan fingerprint density at radius 3 is 2.46 bits per heavy atom. The van der Waals surface area contributed by atoms with Crippen molar-refractivity contribution >= 4 is 38.9 Å². The van der Waals surface area contributed by atoms with E-state index in [4.69, 9.17) is 11.6 Å². The average Bonchev–Trinajstić information content (AvgIpc) is 3.00. The van der Waals surface area contributed by atoms with Gasteiger partial charge in [0, 0.05) is 6.04 Å². The van der Waals surface area contributed by atoms with Crippen LogP contribution >= 0.6 is 22.9 Å². The summed E-state index contributed by atoms with van der Waals surface area (Å²) in [6.45, 7) is 8.88. The van der Waals surface area contributed by atoms with E-state index in [1.54, 1.807) is 12.1 Å². The van der Waals surface area contributed by atoms with Crippen LogP contribution in [-0.4, -0.2) is 57.4 Å². The summed E-state index contributed by atoms with van der Waals surface area (Å²) in [5.41, 5.74) is 0. The van der Waals surface area contributed by atoms with Gasteiger partial charge in [-0.2, -0.15) is 4.31 Å². The topological polar surface area (TPSA) is 70.9 Å². The molecule has 1 fully saturated rings. The molecule has 0 spiro atoms. The maximum atomic E-state index is 12.6. The normalized spacial score (nSPS) is 18.2. The third kappa shape index (κ3) is 6.20. The zero-order valence-electron chi connectivity index (χ0n) is 15.6. The van der Waals surface area contributed by atoms with Crippen molar-refractivity contribution in [2.24, 2.45) is 5.92 Å². The molecule has 1 aromatic heterocycles. The van der Waals surface area contributed by atoms with Crippen LogP contribution in [0.3, 0.4) is 0 Å². The highest BCUT2D eigenvalue weighted by molar-refractivity contribution is 7.91. The van der Waals surface area contributed by atoms with Gasteiger partial charge in [0.2, 0.25) is 0 Å². The summed E-state index contributed by atoms with van der Waals surface area (Å²) in [5, 5.41) is 3.05. The molecule has 1 aromatic rings. The summed E-state index contributed by atoms with van der Waals surface area (Å²) in [6, 6.07) is 3.33. The number of nitrogens with zero attached hydrogens (tertiary/aromatic N) is 1. The van der Waals surface area contributed by atoms with E-state index in [2.05, 4.69) is 19.2 Å². The number of carbonyl (C=O) groups is 1. The molecule has 0 radical (unpaired) electrons. The van der Waals surface area contributed by atoms with Crippen LogP contribution in [0.4, 0.5) is 0 Å². The largest absolute Gasteiger partial charge is 0.349 e. The van der Waals surface area contributed by atoms with E-state index in [-0.39, 0.29) is 16.2 Å². The molecule has 26 heavy (non-hydrogen) atoms. The molecule has 148 valence electrons. The Kier molecular flexibility index (Phi) is 7.90. The molecule has 1 aliphatic rings. The summed E-state index contributed by atoms with van der Waals surface area (Å²) in [4.78, 5) is 13.3. The van der Waals surface area contributed by atoms with Gasteiger partial charge in [0.15, 0.2) is 6.54 Å². The van der Waals surface area contributed by atoms with Crippen LogP contribution in [0.15, 0.2) is 16.3 Å². The number of rotatable bonds is 8. The number of amides is 1. The molecule has 1 atom stereocenters. The Hall–Kier alpha value is -0.670. The molecule has 2 rings (SSSR count). The zero-order valence-corrected chi connectivity index (χ0v) is 18.0. The molecule has 0 saturated carbocycles. The molecule has 0 bridgehead atoms. The van der Waals surface area contributed by atoms with E-state index in [0.29, 0.717) is 43.0 Å². The zero-order chi connectivity index (χ0) is 19.3. The number of piperazine rings is 1. The Morgan fingerprint density at radius 2 is 1.92 bits per heavy atom. The quantitative estimate of drug-likeness (QED) is 0.662. The summed E-state index contributed by atoms with van der Waals surface area (Å²) >= 11 is 6.93. The summed E-state index contributed by atoms with van der Waals surface area (Å²) < 4.78 is 27.4. The predicted molar refractivity (Wildman–Crippen MR) is 105 cm³/mol. The molecule has 2 heterocycles. The SMILES string of the molecule is CC(C)CC[C@H](C)NC(=O)C[NH+]1CCN(S(=O)(=O)c2ccc(Cl)s2)CC1. The molecule has 0 unspecified atom stereocenters. The molecule has 1 saturated heterocycles. The monoisotopic (exact) mass is 422 g/mol. The molecule has 6 nitrogen and oxygen atoms in total. The van der Waals surface area contributed by atoms with Gasteiger partial charge in [0.25, 0.3) is 15.9 Å². The van der Waals surface area contributed by atoms with E-state index in [0.717, 1.165) is 29.1 Å². The number of hydrogen-bond acceptors (Lipinski definition) is 4. The molecule has 9 heteroatoms. The first kappa shape index (κ1) is 21.6. The minimum atomic E-state index is -3.47. The van der Waals surface area contributed by atoms with E-state index in [1.165, 1.54) is 4.31 Å². The smallest absolute Gasteiger partial charge is 0.275 e. The van der Waals surface area contributed by atoms with E-state index < -0.39 is 10.0 Å². The number of quaternary nitrogens is 1. The maximum absolute atomic E-state index is 12.6. The molecular formula is C17H29ClN3O3S2+. The number of nitrogens with one attached hydrogen (secondary N) is 2. The Morgan fingerprint density at radius 1 is 1.27 bits per heavy atom. The van der Waals surface area contributed by atoms with Gasteiger partial charge >= 0.3 is 0 Å². The standard InChI is InChI=1S/C17H28ClN3O3S2/c1-13(2)4-5-14(3)19-16(22)12-20-8-10-21(11-9-20)26(23,24)17-7-6-15(18)25-17/h6-7,13-14H,4-5,8-12H2,1-3H3,(H,19,22)/p+1/t14-/m0/s1. The fourth-order valence-electron chi connectivity index (χ4n) is 2.99. The van der Waals surface area contributed by atoms with Crippen LogP contribution in [0.2, 0.25) is 4.34 Å². The first-order valence-electron chi connectivity index (χ1n) is 9.07. The lowest BCUT2D eigenvalue weighted by Crippen LogP contribution is -3.15. The number of halogens is 1. The van der Waals surface area contributed by atoms with Crippen molar-refractivity contribution < 1.29 is 18.1 Å². The average molecular weight is 423 g/mol. The lowest BCUT2D eigenvalue weighted by atomic mass is 10.0. The summed E-state index contributed by atoms with van der Waals surface area (Å²) in [6.07, 6.45) is 2.08. The third-order valence-electron chi connectivity index (χ3n) is 4.57. The van der Waals surface area contributed by atoms with Crippen LogP contribution in [0.25, 0.3) is 0 Å². The van der Waals surface area contributed by atoms with Crippen molar-refractivity contribution in [3.8, 4) is 0 Å². The van der Waals surface area contributed by atoms with E-state index in [9.17, 15) is 13.2 Å². The van der Waals surface area contributed by atoms with Crippen LogP contribution < -0.4 is 10.2 Å². The second-order valence-corrected chi connectivity index (χ2v) is 11.2. The highest BCUT2D eigenvalue weighted by Gasteiger charge is 2.32. The molecular weight excluding hydrogens is 394 g/mol. The minimum absolute atomic E-state index is 0.0394. The Balaban J connectivity index is 1.78. The Bertz CT molecular complexity index is 698. The van der Waals surface area contributed by atoms with Gasteiger partial charge in [0.05, 0.1) is 30.5 Å². The molecule has 0 aromatic carbocycles. The lowest BCUT2D eigenvalue weighted by Gasteiger charge is -2.31. The molecule has 1 aliphatic heterocycles. The minimum Gasteiger partial charge on any atom is -0.349 e. The van der Waals surface area contributed by atoms with E-state index >= 15 is 0 Å². The first-order valence-corrected chi connectivity index (χ1v) is 11.7. The van der Waals surface area contributed by atoms with Crippen molar-refractivity contribution in [1.29, 1.82) is 0 Å². The van der Waals surface area contributed by atoms with Crippen molar-refractivity contribution in [3.05, 3.63) is 16.5 Å². The van der Waals surface area contributed by atoms with Crippen LogP contribution in [0.5, 0.6) is 0 Å². The molecule has 1 amide bonds. The van der Waals surface area contributed by atoms with Gasteiger partial charge in [-0.1, -0.05) is 25.4 Å². The second kappa shape index (κ2) is 9.50. The fourth-order valence-corrected chi connectivity index (χ4v) is 6.07. The predicted octanol–water partition coefficient (Wildman–Crippen LogP) is 1.23. The number of hydrogen-bond donors (Lipinski definition) is 2. The number of carbonyl (C=O) groups excluding carboxylic acids is 1. The Labute approximate surface area is 165 Å². The number of thiophene rings is 1. The number of sulfonamides is 1. The van der Waals surface area contributed by atoms with Crippen molar-refractivity contribution in [2.75, 3.05) is 32.7 Å². The van der Waals surface area contributed by atoms with Crippen molar-refractivity contribution in [3.63, 3.8) is 0 Å². The first-order chi connectivity index (χ1) is 12.2. The van der Waals surface area contributed by atoms with Crippen LogP contribution in [0.1, 0.15) is 33.6 Å². The highest BCUT2D eigenvalue weighted by atomic mass is 35.5. The van der Waals surface area contributed by atoms with E-state index in [1.807, 2.05) is 6.92 Å². The van der Waals surface area contributed by atoms with Gasteiger partial charge in [-0.05, 0) is 37.8 Å². The lowest BCUT2D eigenvalue weighted by molar-refractivity contribution is -0.895. The molecule has 2 N–H and O–H groups in total. The second-order valence-electron chi connectivity index (χ2n) is 7.33. The van der Waals surface area contributed by atoms with Gasteiger partial charge in [-0.25, -0.2) is 8.42 Å². The fraction of sp³-hybridized carbons (Fsp3) is 0.706.